The maximum absolute atomic E-state index is 12.6. The van der Waals surface area contributed by atoms with E-state index in [1.807, 2.05) is 36.9 Å². The standard InChI is InChI=1S/C20H28N2O5S2/c1-5-14(6-2)19(23)21-20-22(15-11-29(24,25)12-18(15)28-20)10-13-7-8-16(26-3)17(9-13)27-4/h7-9,14-15,18H,5-6,10-12H2,1-4H3/t15-,18-/m0/s1. The molecule has 0 spiro atoms. The number of methoxy groups -OCH3 is 2. The number of nitrogens with zero attached hydrogens (tertiary/aromatic N) is 2. The van der Waals surface area contributed by atoms with Gasteiger partial charge in [-0.25, -0.2) is 8.42 Å². The summed E-state index contributed by atoms with van der Waals surface area (Å²) in [6.07, 6.45) is 1.49. The smallest absolute Gasteiger partial charge is 0.251 e. The second-order valence-corrected chi connectivity index (χ2v) is 10.7. The lowest BCUT2D eigenvalue weighted by Crippen LogP contribution is -2.37. The molecule has 29 heavy (non-hydrogen) atoms. The van der Waals surface area contributed by atoms with E-state index in [1.165, 1.54) is 11.8 Å². The monoisotopic (exact) mass is 440 g/mol. The summed E-state index contributed by atoms with van der Waals surface area (Å²) in [4.78, 5) is 19.0. The predicted octanol–water partition coefficient (Wildman–Crippen LogP) is 2.74. The molecule has 1 aromatic rings. The second-order valence-electron chi connectivity index (χ2n) is 7.36. The zero-order valence-corrected chi connectivity index (χ0v) is 18.9. The van der Waals surface area contributed by atoms with Crippen LogP contribution in [0.5, 0.6) is 11.5 Å². The molecule has 0 radical (unpaired) electrons. The predicted molar refractivity (Wildman–Crippen MR) is 115 cm³/mol. The molecule has 9 heteroatoms. The maximum atomic E-state index is 12.6. The number of fused-ring (bicyclic) bond motifs is 1. The number of carbonyl (C=O) groups is 1. The van der Waals surface area contributed by atoms with Crippen LogP contribution in [-0.2, 0) is 21.2 Å². The first-order valence-electron chi connectivity index (χ1n) is 9.79. The van der Waals surface area contributed by atoms with Gasteiger partial charge in [0.2, 0.25) is 0 Å². The minimum absolute atomic E-state index is 0.0894. The summed E-state index contributed by atoms with van der Waals surface area (Å²) >= 11 is 1.42. The summed E-state index contributed by atoms with van der Waals surface area (Å²) in [5.41, 5.74) is 0.941. The Kier molecular flexibility index (Phi) is 6.78. The van der Waals surface area contributed by atoms with Crippen LogP contribution in [0.15, 0.2) is 23.2 Å². The first-order chi connectivity index (χ1) is 13.8. The van der Waals surface area contributed by atoms with Crippen LogP contribution in [-0.4, -0.2) is 61.4 Å². The Morgan fingerprint density at radius 3 is 2.52 bits per heavy atom. The highest BCUT2D eigenvalue weighted by atomic mass is 32.2. The molecule has 1 aromatic carbocycles. The van der Waals surface area contributed by atoms with E-state index in [0.29, 0.717) is 23.2 Å². The van der Waals surface area contributed by atoms with Gasteiger partial charge in [-0.3, -0.25) is 4.79 Å². The van der Waals surface area contributed by atoms with E-state index >= 15 is 0 Å². The number of rotatable bonds is 7. The summed E-state index contributed by atoms with van der Waals surface area (Å²) in [5.74, 6) is 1.23. The molecule has 0 aliphatic carbocycles. The van der Waals surface area contributed by atoms with Crippen molar-refractivity contribution in [3.05, 3.63) is 23.8 Å². The van der Waals surface area contributed by atoms with Crippen LogP contribution >= 0.6 is 11.8 Å². The Balaban J connectivity index is 1.91. The molecular formula is C20H28N2O5S2. The second kappa shape index (κ2) is 8.95. The quantitative estimate of drug-likeness (QED) is 0.644. The van der Waals surface area contributed by atoms with Gasteiger partial charge in [0.1, 0.15) is 0 Å². The zero-order chi connectivity index (χ0) is 21.2. The van der Waals surface area contributed by atoms with Crippen LogP contribution in [0.2, 0.25) is 0 Å². The van der Waals surface area contributed by atoms with Crippen molar-refractivity contribution in [3.63, 3.8) is 0 Å². The Bertz CT molecular complexity index is 896. The lowest BCUT2D eigenvalue weighted by Gasteiger charge is -2.25. The van der Waals surface area contributed by atoms with Crippen LogP contribution in [0.4, 0.5) is 0 Å². The van der Waals surface area contributed by atoms with Gasteiger partial charge >= 0.3 is 0 Å². The van der Waals surface area contributed by atoms with E-state index in [-0.39, 0.29) is 34.6 Å². The van der Waals surface area contributed by atoms with Gasteiger partial charge in [0.15, 0.2) is 26.5 Å². The SMILES string of the molecule is CCC(CC)C(=O)N=C1S[C@H]2CS(=O)(=O)C[C@@H]2N1Cc1ccc(OC)c(OC)c1. The fourth-order valence-corrected chi connectivity index (χ4v) is 7.78. The fourth-order valence-electron chi connectivity index (χ4n) is 3.82. The van der Waals surface area contributed by atoms with Crippen molar-refractivity contribution in [3.8, 4) is 11.5 Å². The molecule has 2 saturated heterocycles. The van der Waals surface area contributed by atoms with Crippen molar-refractivity contribution >= 4 is 32.7 Å². The van der Waals surface area contributed by atoms with E-state index in [0.717, 1.165) is 18.4 Å². The van der Waals surface area contributed by atoms with E-state index in [1.54, 1.807) is 14.2 Å². The number of hydrogen-bond acceptors (Lipinski definition) is 6. The van der Waals surface area contributed by atoms with E-state index in [4.69, 9.17) is 9.47 Å². The highest BCUT2D eigenvalue weighted by Gasteiger charge is 2.48. The lowest BCUT2D eigenvalue weighted by molar-refractivity contribution is -0.121. The van der Waals surface area contributed by atoms with Crippen molar-refractivity contribution in [2.45, 2.75) is 44.5 Å². The minimum Gasteiger partial charge on any atom is -0.493 e. The number of amides is 1. The molecule has 0 aromatic heterocycles. The molecule has 2 heterocycles. The number of benzene rings is 1. The van der Waals surface area contributed by atoms with Gasteiger partial charge in [0.25, 0.3) is 5.91 Å². The zero-order valence-electron chi connectivity index (χ0n) is 17.3. The van der Waals surface area contributed by atoms with Gasteiger partial charge in [-0.05, 0) is 30.5 Å². The molecule has 0 bridgehead atoms. The van der Waals surface area contributed by atoms with Gasteiger partial charge in [-0.15, -0.1) is 0 Å². The molecule has 0 unspecified atom stereocenters. The van der Waals surface area contributed by atoms with Crippen LogP contribution in [0.3, 0.4) is 0 Å². The van der Waals surface area contributed by atoms with Gasteiger partial charge in [-0.1, -0.05) is 31.7 Å². The number of hydrogen-bond donors (Lipinski definition) is 0. The normalized spacial score (nSPS) is 24.2. The Labute approximate surface area is 176 Å². The van der Waals surface area contributed by atoms with E-state index in [2.05, 4.69) is 4.99 Å². The summed E-state index contributed by atoms with van der Waals surface area (Å²) in [5, 5.41) is 0.537. The molecule has 2 aliphatic rings. The third-order valence-electron chi connectivity index (χ3n) is 5.52. The number of aliphatic imine (C=N–C) groups is 1. The van der Waals surface area contributed by atoms with Crippen molar-refractivity contribution in [1.29, 1.82) is 0 Å². The van der Waals surface area contributed by atoms with Gasteiger partial charge in [0.05, 0.1) is 31.8 Å². The Hall–Kier alpha value is -1.74. The molecule has 1 amide bonds. The topological polar surface area (TPSA) is 85.3 Å². The number of thioether (sulfide) groups is 1. The first kappa shape index (κ1) is 22.0. The molecule has 0 saturated carbocycles. The average Bonchev–Trinajstić information content (AvgIpc) is 3.14. The third-order valence-corrected chi connectivity index (χ3v) is 8.76. The van der Waals surface area contributed by atoms with Crippen molar-refractivity contribution < 1.29 is 22.7 Å². The number of sulfone groups is 1. The fraction of sp³-hybridized carbons (Fsp3) is 0.600. The minimum atomic E-state index is -3.08. The van der Waals surface area contributed by atoms with Crippen molar-refractivity contribution in [2.75, 3.05) is 25.7 Å². The molecular weight excluding hydrogens is 412 g/mol. The highest BCUT2D eigenvalue weighted by molar-refractivity contribution is 8.15. The van der Waals surface area contributed by atoms with Crippen LogP contribution in [0.1, 0.15) is 32.3 Å². The number of ether oxygens (including phenoxy) is 2. The highest BCUT2D eigenvalue weighted by Crippen LogP contribution is 2.40. The van der Waals surface area contributed by atoms with Gasteiger partial charge in [0, 0.05) is 17.7 Å². The number of amidine groups is 1. The lowest BCUT2D eigenvalue weighted by atomic mass is 10.0. The largest absolute Gasteiger partial charge is 0.493 e. The van der Waals surface area contributed by atoms with E-state index in [9.17, 15) is 13.2 Å². The third kappa shape index (κ3) is 4.71. The van der Waals surface area contributed by atoms with Crippen molar-refractivity contribution in [2.24, 2.45) is 10.9 Å². The molecule has 3 rings (SSSR count). The van der Waals surface area contributed by atoms with Crippen LogP contribution in [0.25, 0.3) is 0 Å². The average molecular weight is 441 g/mol. The summed E-state index contributed by atoms with van der Waals surface area (Å²) in [6, 6.07) is 5.45. The molecule has 7 nitrogen and oxygen atoms in total. The first-order valence-corrected chi connectivity index (χ1v) is 12.5. The van der Waals surface area contributed by atoms with Crippen LogP contribution < -0.4 is 9.47 Å². The maximum Gasteiger partial charge on any atom is 0.251 e. The molecule has 0 N–H and O–H groups in total. The molecule has 2 fully saturated rings. The summed E-state index contributed by atoms with van der Waals surface area (Å²) in [7, 11) is 0.0788. The van der Waals surface area contributed by atoms with E-state index < -0.39 is 9.84 Å². The summed E-state index contributed by atoms with van der Waals surface area (Å²) in [6.45, 7) is 4.42. The molecule has 2 atom stereocenters. The number of carbonyl (C=O) groups excluding carboxylic acids is 1. The van der Waals surface area contributed by atoms with Gasteiger partial charge < -0.3 is 14.4 Å². The van der Waals surface area contributed by atoms with Gasteiger partial charge in [-0.2, -0.15) is 4.99 Å². The Morgan fingerprint density at radius 2 is 1.90 bits per heavy atom. The van der Waals surface area contributed by atoms with Crippen LogP contribution in [0, 0.1) is 5.92 Å². The Morgan fingerprint density at radius 1 is 1.21 bits per heavy atom. The van der Waals surface area contributed by atoms with Crippen molar-refractivity contribution in [1.82, 2.24) is 4.90 Å². The molecule has 2 aliphatic heterocycles. The summed E-state index contributed by atoms with van der Waals surface area (Å²) < 4.78 is 35.0. The molecule has 160 valence electrons.